The summed E-state index contributed by atoms with van der Waals surface area (Å²) >= 11 is 3.32. The number of halogens is 2. The van der Waals surface area contributed by atoms with Crippen LogP contribution in [-0.4, -0.2) is 24.5 Å². The zero-order chi connectivity index (χ0) is 14.4. The molecule has 0 fully saturated rings. The zero-order valence-electron chi connectivity index (χ0n) is 11.0. The molecule has 7 heteroatoms. The van der Waals surface area contributed by atoms with Gasteiger partial charge in [-0.25, -0.2) is 4.39 Å². The van der Waals surface area contributed by atoms with Gasteiger partial charge in [-0.2, -0.15) is 0 Å². The Labute approximate surface area is 120 Å². The summed E-state index contributed by atoms with van der Waals surface area (Å²) in [4.78, 5) is 13.6. The molecule has 1 amide bonds. The molecule has 0 radical (unpaired) electrons. The van der Waals surface area contributed by atoms with Crippen LogP contribution in [0, 0.1) is 5.82 Å². The maximum atomic E-state index is 13.8. The normalized spacial score (nSPS) is 21.1. The van der Waals surface area contributed by atoms with E-state index in [1.165, 1.54) is 12.1 Å². The van der Waals surface area contributed by atoms with Crippen molar-refractivity contribution in [2.75, 3.05) is 16.7 Å². The fraction of sp³-hybridized carbons (Fsp3) is 0.417. The molecule has 0 aromatic heterocycles. The smallest absolute Gasteiger partial charge is 0.409 e. The molecule has 0 saturated heterocycles. The second-order valence-electron chi connectivity index (χ2n) is 4.72. The quantitative estimate of drug-likeness (QED) is 0.661. The minimum absolute atomic E-state index is 0.240. The molecule has 1 aromatic carbocycles. The van der Waals surface area contributed by atoms with Gasteiger partial charge in [0, 0.05) is 12.1 Å². The Morgan fingerprint density at radius 2 is 2.21 bits per heavy atom. The number of hydrogen-bond donors (Lipinski definition) is 2. The van der Waals surface area contributed by atoms with E-state index in [9.17, 15) is 14.2 Å². The van der Waals surface area contributed by atoms with Gasteiger partial charge >= 0.3 is 7.05 Å². The highest BCUT2D eigenvalue weighted by molar-refractivity contribution is 9.10. The number of amides is 1. The number of hydrogen-bond acceptors (Lipinski definition) is 3. The van der Waals surface area contributed by atoms with Crippen LogP contribution in [0.25, 0.3) is 0 Å². The van der Waals surface area contributed by atoms with E-state index in [2.05, 4.69) is 21.2 Å². The predicted molar refractivity (Wildman–Crippen MR) is 78.2 cm³/mol. The van der Waals surface area contributed by atoms with Crippen molar-refractivity contribution in [1.29, 1.82) is 0 Å². The minimum Gasteiger partial charge on any atom is -0.432 e. The Balaban J connectivity index is 2.63. The van der Waals surface area contributed by atoms with Crippen LogP contribution in [0.5, 0.6) is 0 Å². The zero-order valence-corrected chi connectivity index (χ0v) is 12.6. The maximum Gasteiger partial charge on any atom is 0.409 e. The first-order valence-electron chi connectivity index (χ1n) is 6.08. The molecule has 1 aliphatic rings. The number of alkyl halides is 1. The van der Waals surface area contributed by atoms with E-state index in [1.54, 1.807) is 18.6 Å². The van der Waals surface area contributed by atoms with Gasteiger partial charge < -0.3 is 15.2 Å². The minimum atomic E-state index is -0.947. The maximum absolute atomic E-state index is 13.8. The molecule has 1 aromatic rings. The summed E-state index contributed by atoms with van der Waals surface area (Å²) in [6, 6.07) is 2.66. The van der Waals surface area contributed by atoms with Crippen molar-refractivity contribution >= 4 is 40.3 Å². The van der Waals surface area contributed by atoms with E-state index in [-0.39, 0.29) is 5.91 Å². The van der Waals surface area contributed by atoms with Crippen molar-refractivity contribution in [1.82, 2.24) is 0 Å². The van der Waals surface area contributed by atoms with Gasteiger partial charge in [0.25, 0.3) is 0 Å². The topological polar surface area (TPSA) is 52.6 Å². The molecule has 0 bridgehead atoms. The van der Waals surface area contributed by atoms with E-state index in [0.29, 0.717) is 23.5 Å². The third kappa shape index (κ3) is 2.25. The van der Waals surface area contributed by atoms with Crippen molar-refractivity contribution in [3.8, 4) is 0 Å². The SMILES string of the molecule is CCN(B(C)O)c1cc(F)cc2c1NC(=O)C2(C)Br. The number of fused-ring (bicyclic) bond motifs is 1. The van der Waals surface area contributed by atoms with Gasteiger partial charge in [0.05, 0.1) is 11.4 Å². The number of carbonyl (C=O) groups excluding carboxylic acids is 1. The number of anilines is 2. The predicted octanol–water partition coefficient (Wildman–Crippen LogP) is 2.32. The summed E-state index contributed by atoms with van der Waals surface area (Å²) in [6.07, 6.45) is 0. The molecule has 0 saturated carbocycles. The number of benzene rings is 1. The summed E-state index contributed by atoms with van der Waals surface area (Å²) in [5, 5.41) is 12.5. The third-order valence-corrected chi connectivity index (χ3v) is 4.14. The Hall–Kier alpha value is -1.08. The van der Waals surface area contributed by atoms with Gasteiger partial charge in [0.2, 0.25) is 5.91 Å². The largest absolute Gasteiger partial charge is 0.432 e. The molecular formula is C12H15BBrFN2O2. The van der Waals surface area contributed by atoms with Gasteiger partial charge in [-0.3, -0.25) is 4.79 Å². The molecule has 0 aliphatic carbocycles. The number of rotatable bonds is 3. The van der Waals surface area contributed by atoms with Crippen LogP contribution in [-0.2, 0) is 9.12 Å². The second kappa shape index (κ2) is 4.79. The summed E-state index contributed by atoms with van der Waals surface area (Å²) in [6.45, 7) is 5.64. The van der Waals surface area contributed by atoms with Crippen LogP contribution < -0.4 is 10.1 Å². The first kappa shape index (κ1) is 14.3. The van der Waals surface area contributed by atoms with E-state index >= 15 is 0 Å². The van der Waals surface area contributed by atoms with Crippen molar-refractivity contribution < 1.29 is 14.2 Å². The van der Waals surface area contributed by atoms with E-state index in [1.807, 2.05) is 6.92 Å². The highest BCUT2D eigenvalue weighted by Gasteiger charge is 2.42. The molecule has 1 atom stereocenters. The van der Waals surface area contributed by atoms with Crippen LogP contribution in [0.1, 0.15) is 19.4 Å². The lowest BCUT2D eigenvalue weighted by atomic mass is 9.83. The van der Waals surface area contributed by atoms with Crippen LogP contribution in [0.4, 0.5) is 15.8 Å². The highest BCUT2D eigenvalue weighted by Crippen LogP contribution is 2.47. The molecule has 2 N–H and O–H groups in total. The Morgan fingerprint density at radius 3 is 2.74 bits per heavy atom. The van der Waals surface area contributed by atoms with Gasteiger partial charge in [0.15, 0.2) is 0 Å². The second-order valence-corrected chi connectivity index (χ2v) is 6.31. The Morgan fingerprint density at radius 1 is 1.58 bits per heavy atom. The molecule has 1 aliphatic heterocycles. The van der Waals surface area contributed by atoms with E-state index in [0.717, 1.165) is 0 Å². The molecule has 1 heterocycles. The van der Waals surface area contributed by atoms with E-state index < -0.39 is 17.2 Å². The first-order chi connectivity index (χ1) is 8.78. The van der Waals surface area contributed by atoms with Crippen molar-refractivity contribution in [3.63, 3.8) is 0 Å². The first-order valence-corrected chi connectivity index (χ1v) is 6.87. The molecule has 102 valence electrons. The third-order valence-electron chi connectivity index (χ3n) is 3.35. The Bertz CT molecular complexity index is 537. The molecule has 19 heavy (non-hydrogen) atoms. The monoisotopic (exact) mass is 328 g/mol. The van der Waals surface area contributed by atoms with Crippen molar-refractivity contribution in [2.45, 2.75) is 25.0 Å². The van der Waals surface area contributed by atoms with Crippen LogP contribution >= 0.6 is 15.9 Å². The number of carbonyl (C=O) groups is 1. The summed E-state index contributed by atoms with van der Waals surface area (Å²) in [5.74, 6) is -0.675. The molecule has 2 rings (SSSR count). The van der Waals surface area contributed by atoms with Gasteiger partial charge in [-0.05, 0) is 32.8 Å². The van der Waals surface area contributed by atoms with Crippen LogP contribution in [0.15, 0.2) is 12.1 Å². The fourth-order valence-electron chi connectivity index (χ4n) is 2.31. The molecule has 1 unspecified atom stereocenters. The summed E-state index contributed by atoms with van der Waals surface area (Å²) < 4.78 is 12.8. The molecular weight excluding hydrogens is 314 g/mol. The van der Waals surface area contributed by atoms with Gasteiger partial charge in [-0.1, -0.05) is 15.9 Å². The Kier molecular flexibility index (Phi) is 3.62. The number of nitrogens with zero attached hydrogens (tertiary/aromatic N) is 1. The molecule has 4 nitrogen and oxygen atoms in total. The lowest BCUT2D eigenvalue weighted by Gasteiger charge is -2.26. The summed E-state index contributed by atoms with van der Waals surface area (Å²) in [5.41, 5.74) is 1.59. The lowest BCUT2D eigenvalue weighted by Crippen LogP contribution is -2.37. The van der Waals surface area contributed by atoms with E-state index in [4.69, 9.17) is 0 Å². The van der Waals surface area contributed by atoms with Crippen LogP contribution in [0.3, 0.4) is 0 Å². The average molecular weight is 329 g/mol. The fourth-order valence-corrected chi connectivity index (χ4v) is 2.72. The average Bonchev–Trinajstić information content (AvgIpc) is 2.52. The van der Waals surface area contributed by atoms with Crippen molar-refractivity contribution in [2.24, 2.45) is 0 Å². The van der Waals surface area contributed by atoms with Gasteiger partial charge in [0.1, 0.15) is 10.1 Å². The van der Waals surface area contributed by atoms with Gasteiger partial charge in [-0.15, -0.1) is 0 Å². The van der Waals surface area contributed by atoms with Crippen LogP contribution in [0.2, 0.25) is 6.82 Å². The molecule has 0 spiro atoms. The van der Waals surface area contributed by atoms with Crippen molar-refractivity contribution in [3.05, 3.63) is 23.5 Å². The number of nitrogens with one attached hydrogen (secondary N) is 1. The summed E-state index contributed by atoms with van der Waals surface area (Å²) in [7, 11) is -0.769. The highest BCUT2D eigenvalue weighted by atomic mass is 79.9. The lowest BCUT2D eigenvalue weighted by molar-refractivity contribution is -0.117. The standard InChI is InChI=1S/C12H15BBrFN2O2/c1-4-17(13(3)19)9-6-7(15)5-8-10(9)16-11(18)12(8,2)14/h5-6,19H,4H2,1-3H3,(H,16,18).